The topological polar surface area (TPSA) is 55.5 Å². The number of nitrogens with two attached hydrogens (primary N) is 1. The maximum Gasteiger partial charge on any atom is 0.127 e. The standard InChI is InChI=1S/C18H23NO2/c1-2-3-9-17(20)18(19)14-10-12-16(13-11-14)21-15-7-5-4-6-8-15/h4-8,10-13,17-18,20H,2-3,9,19H2,1H3/t17-,18+/m1/s1. The molecule has 0 heterocycles. The molecule has 3 nitrogen and oxygen atoms in total. The zero-order valence-corrected chi connectivity index (χ0v) is 12.4. The normalized spacial score (nSPS) is 13.7. The van der Waals surface area contributed by atoms with E-state index >= 15 is 0 Å². The van der Waals surface area contributed by atoms with E-state index in [-0.39, 0.29) is 6.04 Å². The van der Waals surface area contributed by atoms with Crippen molar-refractivity contribution in [2.75, 3.05) is 0 Å². The fraction of sp³-hybridized carbons (Fsp3) is 0.333. The van der Waals surface area contributed by atoms with Gasteiger partial charge in [-0.25, -0.2) is 0 Å². The van der Waals surface area contributed by atoms with Gasteiger partial charge >= 0.3 is 0 Å². The van der Waals surface area contributed by atoms with Crippen LogP contribution in [0.25, 0.3) is 0 Å². The van der Waals surface area contributed by atoms with Crippen LogP contribution in [0.4, 0.5) is 0 Å². The second-order valence-electron chi connectivity index (χ2n) is 5.22. The first kappa shape index (κ1) is 15.5. The lowest BCUT2D eigenvalue weighted by molar-refractivity contribution is 0.132. The molecule has 0 amide bonds. The van der Waals surface area contributed by atoms with Gasteiger partial charge in [0.25, 0.3) is 0 Å². The lowest BCUT2D eigenvalue weighted by Gasteiger charge is -2.19. The number of aliphatic hydroxyl groups excluding tert-OH is 1. The van der Waals surface area contributed by atoms with Gasteiger partial charge in [0.15, 0.2) is 0 Å². The summed E-state index contributed by atoms with van der Waals surface area (Å²) >= 11 is 0. The van der Waals surface area contributed by atoms with Crippen LogP contribution in [0.3, 0.4) is 0 Å². The van der Waals surface area contributed by atoms with Crippen LogP contribution in [-0.4, -0.2) is 11.2 Å². The lowest BCUT2D eigenvalue weighted by atomic mass is 9.98. The molecule has 0 radical (unpaired) electrons. The monoisotopic (exact) mass is 285 g/mol. The molecule has 0 aliphatic carbocycles. The van der Waals surface area contributed by atoms with Crippen molar-refractivity contribution in [3.63, 3.8) is 0 Å². The second kappa shape index (κ2) is 7.81. The predicted octanol–water partition coefficient (Wildman–Crippen LogP) is 4.03. The minimum Gasteiger partial charge on any atom is -0.457 e. The molecule has 2 atom stereocenters. The molecule has 21 heavy (non-hydrogen) atoms. The molecule has 3 N–H and O–H groups in total. The van der Waals surface area contributed by atoms with Crippen molar-refractivity contribution in [3.8, 4) is 11.5 Å². The fourth-order valence-electron chi connectivity index (χ4n) is 2.20. The van der Waals surface area contributed by atoms with Crippen LogP contribution in [0.2, 0.25) is 0 Å². The highest BCUT2D eigenvalue weighted by Gasteiger charge is 2.16. The summed E-state index contributed by atoms with van der Waals surface area (Å²) in [5.41, 5.74) is 7.02. The maximum atomic E-state index is 10.1. The smallest absolute Gasteiger partial charge is 0.127 e. The average molecular weight is 285 g/mol. The summed E-state index contributed by atoms with van der Waals surface area (Å²) in [6.07, 6.45) is 2.29. The van der Waals surface area contributed by atoms with Crippen molar-refractivity contribution in [3.05, 3.63) is 60.2 Å². The van der Waals surface area contributed by atoms with Gasteiger partial charge in [0, 0.05) is 0 Å². The van der Waals surface area contributed by atoms with Gasteiger partial charge in [0.2, 0.25) is 0 Å². The fourth-order valence-corrected chi connectivity index (χ4v) is 2.20. The Kier molecular flexibility index (Phi) is 5.78. The molecule has 0 aliphatic rings. The number of hydrogen-bond donors (Lipinski definition) is 2. The Morgan fingerprint density at radius 1 is 1.00 bits per heavy atom. The highest BCUT2D eigenvalue weighted by atomic mass is 16.5. The van der Waals surface area contributed by atoms with Crippen LogP contribution in [0.1, 0.15) is 37.8 Å². The summed E-state index contributed by atoms with van der Waals surface area (Å²) in [7, 11) is 0. The molecule has 0 saturated carbocycles. The van der Waals surface area contributed by atoms with E-state index in [0.29, 0.717) is 0 Å². The summed E-state index contributed by atoms with van der Waals surface area (Å²) in [4.78, 5) is 0. The minimum atomic E-state index is -0.495. The number of unbranched alkanes of at least 4 members (excludes halogenated alkanes) is 1. The van der Waals surface area contributed by atoms with Gasteiger partial charge in [-0.3, -0.25) is 0 Å². The summed E-state index contributed by atoms with van der Waals surface area (Å²) < 4.78 is 5.74. The summed E-state index contributed by atoms with van der Waals surface area (Å²) in [5.74, 6) is 1.57. The molecule has 0 bridgehead atoms. The highest BCUT2D eigenvalue weighted by Crippen LogP contribution is 2.24. The zero-order valence-electron chi connectivity index (χ0n) is 12.4. The number of hydrogen-bond acceptors (Lipinski definition) is 3. The van der Waals surface area contributed by atoms with Gasteiger partial charge < -0.3 is 15.6 Å². The van der Waals surface area contributed by atoms with Gasteiger partial charge in [-0.2, -0.15) is 0 Å². The third-order valence-electron chi connectivity index (χ3n) is 3.51. The summed E-state index contributed by atoms with van der Waals surface area (Å²) in [6, 6.07) is 16.9. The summed E-state index contributed by atoms with van der Waals surface area (Å²) in [6.45, 7) is 2.11. The number of para-hydroxylation sites is 1. The maximum absolute atomic E-state index is 10.1. The predicted molar refractivity (Wildman–Crippen MR) is 85.4 cm³/mol. The Balaban J connectivity index is 1.98. The van der Waals surface area contributed by atoms with Crippen LogP contribution in [0.5, 0.6) is 11.5 Å². The summed E-state index contributed by atoms with van der Waals surface area (Å²) in [5, 5.41) is 10.1. The average Bonchev–Trinajstić information content (AvgIpc) is 2.53. The largest absolute Gasteiger partial charge is 0.457 e. The van der Waals surface area contributed by atoms with E-state index < -0.39 is 6.10 Å². The quantitative estimate of drug-likeness (QED) is 0.807. The Labute approximate surface area is 126 Å². The van der Waals surface area contributed by atoms with Crippen molar-refractivity contribution >= 4 is 0 Å². The van der Waals surface area contributed by atoms with Crippen LogP contribution in [0, 0.1) is 0 Å². The van der Waals surface area contributed by atoms with Crippen LogP contribution in [0.15, 0.2) is 54.6 Å². The number of benzene rings is 2. The van der Waals surface area contributed by atoms with Crippen LogP contribution in [-0.2, 0) is 0 Å². The third-order valence-corrected chi connectivity index (χ3v) is 3.51. The van der Waals surface area contributed by atoms with E-state index in [1.165, 1.54) is 0 Å². The van der Waals surface area contributed by atoms with E-state index in [2.05, 4.69) is 6.92 Å². The Hall–Kier alpha value is -1.84. The molecule has 0 unspecified atom stereocenters. The number of rotatable bonds is 7. The Morgan fingerprint density at radius 2 is 1.62 bits per heavy atom. The lowest BCUT2D eigenvalue weighted by Crippen LogP contribution is -2.25. The number of aliphatic hydroxyl groups is 1. The van der Waals surface area contributed by atoms with Gasteiger partial charge in [-0.05, 0) is 36.2 Å². The van der Waals surface area contributed by atoms with Gasteiger partial charge in [0.05, 0.1) is 12.1 Å². The van der Waals surface area contributed by atoms with E-state index in [0.717, 1.165) is 36.3 Å². The first-order chi connectivity index (χ1) is 10.2. The number of ether oxygens (including phenoxy) is 1. The minimum absolute atomic E-state index is 0.345. The van der Waals surface area contributed by atoms with E-state index in [1.807, 2.05) is 54.6 Å². The molecule has 0 spiro atoms. The van der Waals surface area contributed by atoms with E-state index in [1.54, 1.807) is 0 Å². The van der Waals surface area contributed by atoms with Crippen molar-refractivity contribution < 1.29 is 9.84 Å². The molecule has 0 aliphatic heterocycles. The van der Waals surface area contributed by atoms with Gasteiger partial charge in [-0.1, -0.05) is 50.1 Å². The molecule has 0 aromatic heterocycles. The molecule has 0 fully saturated rings. The van der Waals surface area contributed by atoms with Crippen molar-refractivity contribution in [2.24, 2.45) is 5.73 Å². The van der Waals surface area contributed by atoms with E-state index in [4.69, 9.17) is 10.5 Å². The molecule has 112 valence electrons. The molecule has 2 aromatic rings. The molecule has 3 heteroatoms. The van der Waals surface area contributed by atoms with Gasteiger partial charge in [-0.15, -0.1) is 0 Å². The van der Waals surface area contributed by atoms with Crippen molar-refractivity contribution in [1.29, 1.82) is 0 Å². The Bertz CT molecular complexity index is 525. The molecule has 2 rings (SSSR count). The van der Waals surface area contributed by atoms with Crippen LogP contribution >= 0.6 is 0 Å². The van der Waals surface area contributed by atoms with Crippen molar-refractivity contribution in [1.82, 2.24) is 0 Å². The molecular formula is C18H23NO2. The Morgan fingerprint density at radius 3 is 2.24 bits per heavy atom. The highest BCUT2D eigenvalue weighted by molar-refractivity contribution is 5.34. The van der Waals surface area contributed by atoms with Gasteiger partial charge in [0.1, 0.15) is 11.5 Å². The molecule has 2 aromatic carbocycles. The zero-order chi connectivity index (χ0) is 15.1. The first-order valence-electron chi connectivity index (χ1n) is 7.47. The van der Waals surface area contributed by atoms with E-state index in [9.17, 15) is 5.11 Å². The third kappa shape index (κ3) is 4.59. The molecular weight excluding hydrogens is 262 g/mol. The SMILES string of the molecule is CCCC[C@@H](O)[C@@H](N)c1ccc(Oc2ccccc2)cc1. The first-order valence-corrected chi connectivity index (χ1v) is 7.47. The van der Waals surface area contributed by atoms with Crippen molar-refractivity contribution in [2.45, 2.75) is 38.3 Å². The molecule has 0 saturated heterocycles. The second-order valence-corrected chi connectivity index (χ2v) is 5.22. The van der Waals surface area contributed by atoms with Crippen LogP contribution < -0.4 is 10.5 Å².